The molecule has 2 aromatic rings. The maximum Gasteiger partial charge on any atom is 0.408 e. The van der Waals surface area contributed by atoms with Gasteiger partial charge in [-0.25, -0.2) is 0 Å². The van der Waals surface area contributed by atoms with E-state index in [0.717, 1.165) is 5.39 Å². The first kappa shape index (κ1) is 13.0. The molecule has 0 amide bonds. The molecule has 2 aromatic carbocycles. The zero-order valence-corrected chi connectivity index (χ0v) is 10.2. The van der Waals surface area contributed by atoms with Crippen LogP contribution in [0.25, 0.3) is 10.8 Å². The lowest BCUT2D eigenvalue weighted by Gasteiger charge is -2.14. The Morgan fingerprint density at radius 3 is 2.28 bits per heavy atom. The molecule has 0 fully saturated rings. The Balaban J connectivity index is 2.45. The highest BCUT2D eigenvalue weighted by Crippen LogP contribution is 2.39. The van der Waals surface area contributed by atoms with Gasteiger partial charge in [-0.05, 0) is 34.5 Å². The molecule has 0 saturated carbocycles. The van der Waals surface area contributed by atoms with E-state index in [1.165, 1.54) is 19.2 Å². The fourth-order valence-corrected chi connectivity index (χ4v) is 1.85. The van der Waals surface area contributed by atoms with Crippen LogP contribution in [-0.2, 0) is 0 Å². The number of benzene rings is 2. The minimum absolute atomic E-state index is 0.0434. The van der Waals surface area contributed by atoms with Gasteiger partial charge in [-0.1, -0.05) is 18.2 Å². The number of methoxy groups -OCH3 is 1. The molecule has 0 aliphatic rings. The fourth-order valence-electron chi connectivity index (χ4n) is 1.72. The fraction of sp³-hybridized carbons (Fsp3) is 0.231. The van der Waals surface area contributed by atoms with Crippen molar-refractivity contribution < 1.29 is 17.9 Å². The van der Waals surface area contributed by atoms with E-state index < -0.39 is 11.6 Å². The molecule has 0 aliphatic heterocycles. The standard InChI is InChI=1S/C13H10ClF3O/c1-18-11-5-4-8-6-10(3-2-9(8)7-11)12(14)13(15,16)17/h2-7,12H,1H3. The molecule has 5 heteroatoms. The Morgan fingerprint density at radius 2 is 1.67 bits per heavy atom. The van der Waals surface area contributed by atoms with Gasteiger partial charge in [0.15, 0.2) is 5.38 Å². The van der Waals surface area contributed by atoms with Crippen LogP contribution in [0.4, 0.5) is 13.2 Å². The Hall–Kier alpha value is -1.42. The summed E-state index contributed by atoms with van der Waals surface area (Å²) in [4.78, 5) is 0. The van der Waals surface area contributed by atoms with Gasteiger partial charge in [0.2, 0.25) is 0 Å². The normalized spacial score (nSPS) is 13.6. The quantitative estimate of drug-likeness (QED) is 0.722. The SMILES string of the molecule is COc1ccc2cc(C(Cl)C(F)(F)F)ccc2c1. The summed E-state index contributed by atoms with van der Waals surface area (Å²) in [5, 5.41) is -0.476. The van der Waals surface area contributed by atoms with Crippen LogP contribution in [0.15, 0.2) is 36.4 Å². The van der Waals surface area contributed by atoms with Crippen LogP contribution in [0, 0.1) is 0 Å². The number of ether oxygens (including phenoxy) is 1. The van der Waals surface area contributed by atoms with Crippen LogP contribution in [0.3, 0.4) is 0 Å². The third kappa shape index (κ3) is 2.53. The minimum Gasteiger partial charge on any atom is -0.497 e. The third-order valence-corrected chi connectivity index (χ3v) is 3.15. The van der Waals surface area contributed by atoms with E-state index in [1.54, 1.807) is 24.3 Å². The summed E-state index contributed by atoms with van der Waals surface area (Å²) < 4.78 is 42.6. The van der Waals surface area contributed by atoms with E-state index in [2.05, 4.69) is 0 Å². The van der Waals surface area contributed by atoms with Gasteiger partial charge in [0, 0.05) is 0 Å². The van der Waals surface area contributed by atoms with Crippen molar-refractivity contribution in [2.24, 2.45) is 0 Å². The van der Waals surface area contributed by atoms with Crippen molar-refractivity contribution in [1.29, 1.82) is 0 Å². The first-order chi connectivity index (χ1) is 8.41. The van der Waals surface area contributed by atoms with Crippen molar-refractivity contribution in [2.75, 3.05) is 7.11 Å². The predicted molar refractivity (Wildman–Crippen MR) is 65.1 cm³/mol. The smallest absolute Gasteiger partial charge is 0.408 e. The van der Waals surface area contributed by atoms with Crippen molar-refractivity contribution in [3.05, 3.63) is 42.0 Å². The highest BCUT2D eigenvalue weighted by Gasteiger charge is 2.39. The average molecular weight is 275 g/mol. The molecule has 0 N–H and O–H groups in total. The second kappa shape index (κ2) is 4.69. The number of rotatable bonds is 2. The van der Waals surface area contributed by atoms with Gasteiger partial charge < -0.3 is 4.74 Å². The first-order valence-electron chi connectivity index (χ1n) is 5.20. The second-order valence-electron chi connectivity index (χ2n) is 3.88. The van der Waals surface area contributed by atoms with Gasteiger partial charge >= 0.3 is 6.18 Å². The molecular weight excluding hydrogens is 265 g/mol. The van der Waals surface area contributed by atoms with E-state index in [-0.39, 0.29) is 5.56 Å². The molecule has 96 valence electrons. The lowest BCUT2D eigenvalue weighted by molar-refractivity contribution is -0.131. The topological polar surface area (TPSA) is 9.23 Å². The van der Waals surface area contributed by atoms with Crippen LogP contribution in [0.2, 0.25) is 0 Å². The number of fused-ring (bicyclic) bond motifs is 1. The summed E-state index contributed by atoms with van der Waals surface area (Å²) in [6.07, 6.45) is -4.44. The van der Waals surface area contributed by atoms with Crippen LogP contribution >= 0.6 is 11.6 Å². The van der Waals surface area contributed by atoms with Crippen LogP contribution < -0.4 is 4.74 Å². The van der Waals surface area contributed by atoms with E-state index in [9.17, 15) is 13.2 Å². The number of alkyl halides is 4. The monoisotopic (exact) mass is 274 g/mol. The lowest BCUT2D eigenvalue weighted by Crippen LogP contribution is -2.15. The van der Waals surface area contributed by atoms with Gasteiger partial charge in [0.05, 0.1) is 7.11 Å². The van der Waals surface area contributed by atoms with Gasteiger partial charge in [0.25, 0.3) is 0 Å². The van der Waals surface area contributed by atoms with Crippen molar-refractivity contribution in [2.45, 2.75) is 11.6 Å². The Morgan fingerprint density at radius 1 is 1.06 bits per heavy atom. The number of halogens is 4. The highest BCUT2D eigenvalue weighted by atomic mass is 35.5. The maximum atomic E-state index is 12.5. The molecule has 0 heterocycles. The predicted octanol–water partition coefficient (Wildman–Crippen LogP) is 4.69. The minimum atomic E-state index is -4.44. The molecule has 0 bridgehead atoms. The first-order valence-corrected chi connectivity index (χ1v) is 5.64. The third-order valence-electron chi connectivity index (χ3n) is 2.65. The summed E-state index contributed by atoms with van der Waals surface area (Å²) in [7, 11) is 1.54. The molecule has 0 aliphatic carbocycles. The molecular formula is C13H10ClF3O. The van der Waals surface area contributed by atoms with Gasteiger partial charge in [0.1, 0.15) is 5.75 Å². The van der Waals surface area contributed by atoms with E-state index in [4.69, 9.17) is 16.3 Å². The molecule has 1 atom stereocenters. The summed E-state index contributed by atoms with van der Waals surface area (Å²) >= 11 is 5.39. The molecule has 1 nitrogen and oxygen atoms in total. The summed E-state index contributed by atoms with van der Waals surface area (Å²) in [5.41, 5.74) is 0.0434. The molecule has 0 saturated heterocycles. The van der Waals surface area contributed by atoms with Gasteiger partial charge in [-0.15, -0.1) is 11.6 Å². The number of hydrogen-bond acceptors (Lipinski definition) is 1. The van der Waals surface area contributed by atoms with E-state index in [0.29, 0.717) is 11.1 Å². The molecule has 18 heavy (non-hydrogen) atoms. The molecule has 0 aromatic heterocycles. The lowest BCUT2D eigenvalue weighted by atomic mass is 10.0. The van der Waals surface area contributed by atoms with Crippen LogP contribution in [-0.4, -0.2) is 13.3 Å². The molecule has 0 spiro atoms. The maximum absolute atomic E-state index is 12.5. The van der Waals surface area contributed by atoms with E-state index >= 15 is 0 Å². The Labute approximate surface area is 107 Å². The largest absolute Gasteiger partial charge is 0.497 e. The summed E-state index contributed by atoms with van der Waals surface area (Å²) in [6.45, 7) is 0. The zero-order chi connectivity index (χ0) is 13.3. The highest BCUT2D eigenvalue weighted by molar-refractivity contribution is 6.21. The average Bonchev–Trinajstić information content (AvgIpc) is 2.35. The molecule has 0 radical (unpaired) electrons. The van der Waals surface area contributed by atoms with Crippen LogP contribution in [0.5, 0.6) is 5.75 Å². The second-order valence-corrected chi connectivity index (χ2v) is 4.31. The summed E-state index contributed by atoms with van der Waals surface area (Å²) in [6, 6.07) is 9.59. The number of hydrogen-bond donors (Lipinski definition) is 0. The Kier molecular flexibility index (Phi) is 3.39. The summed E-state index contributed by atoms with van der Waals surface area (Å²) in [5.74, 6) is 0.661. The van der Waals surface area contributed by atoms with Crippen LogP contribution in [0.1, 0.15) is 10.9 Å². The molecule has 2 rings (SSSR count). The zero-order valence-electron chi connectivity index (χ0n) is 9.46. The van der Waals surface area contributed by atoms with Crippen molar-refractivity contribution in [3.63, 3.8) is 0 Å². The van der Waals surface area contributed by atoms with E-state index in [1.807, 2.05) is 0 Å². The van der Waals surface area contributed by atoms with Crippen molar-refractivity contribution in [1.82, 2.24) is 0 Å². The van der Waals surface area contributed by atoms with Gasteiger partial charge in [-0.3, -0.25) is 0 Å². The van der Waals surface area contributed by atoms with Crippen molar-refractivity contribution >= 4 is 22.4 Å². The molecule has 1 unspecified atom stereocenters. The Bertz CT molecular complexity index is 566. The van der Waals surface area contributed by atoms with Gasteiger partial charge in [-0.2, -0.15) is 13.2 Å². The van der Waals surface area contributed by atoms with Crippen molar-refractivity contribution in [3.8, 4) is 5.75 Å².